The molecule has 0 N–H and O–H groups in total. The normalized spacial score (nSPS) is 17.0. The number of likely N-dealkylation sites (tertiary alicyclic amines) is 1. The molecule has 0 spiro atoms. The number of imide groups is 1. The van der Waals surface area contributed by atoms with Crippen molar-refractivity contribution in [3.8, 4) is 0 Å². The van der Waals surface area contributed by atoms with Crippen LogP contribution in [0.3, 0.4) is 0 Å². The second kappa shape index (κ2) is 14.4. The minimum Gasteiger partial charge on any atom is -0.343 e. The van der Waals surface area contributed by atoms with Crippen molar-refractivity contribution in [2.24, 2.45) is 10.8 Å². The molecule has 0 radical (unpaired) electrons. The Labute approximate surface area is 238 Å². The lowest BCUT2D eigenvalue weighted by Gasteiger charge is -2.32. The molecule has 2 atom stereocenters. The van der Waals surface area contributed by atoms with Gasteiger partial charge in [-0.05, 0) is 26.3 Å². The van der Waals surface area contributed by atoms with E-state index in [1.165, 1.54) is 16.7 Å². The molecule has 1 fully saturated rings. The molecule has 0 aromatic carbocycles. The topological polar surface area (TPSA) is 115 Å². The van der Waals surface area contributed by atoms with Crippen LogP contribution in [0, 0.1) is 10.8 Å². The molecule has 1 rings (SSSR count). The molecule has 2 unspecified atom stereocenters. The SMILES string of the molecule is CN(C)CCN(C)C(=O)C(CC(=O)C(C)(C)C)N(C)C(=O)CCCSC1CC(=O)N(CC(=O)C(C)(C)C)C1=O. The second-order valence-corrected chi connectivity index (χ2v) is 13.9. The first-order valence-corrected chi connectivity index (χ1v) is 14.5. The van der Waals surface area contributed by atoms with E-state index in [4.69, 9.17) is 0 Å². The van der Waals surface area contributed by atoms with Crippen LogP contribution in [0.5, 0.6) is 0 Å². The van der Waals surface area contributed by atoms with Crippen LogP contribution in [0.15, 0.2) is 0 Å². The third kappa shape index (κ3) is 10.7. The molecule has 1 heterocycles. The summed E-state index contributed by atoms with van der Waals surface area (Å²) in [7, 11) is 7.04. The highest BCUT2D eigenvalue weighted by Crippen LogP contribution is 2.27. The van der Waals surface area contributed by atoms with Crippen LogP contribution in [0.1, 0.15) is 67.2 Å². The van der Waals surface area contributed by atoms with Crippen molar-refractivity contribution >= 4 is 47.0 Å². The predicted molar refractivity (Wildman–Crippen MR) is 153 cm³/mol. The van der Waals surface area contributed by atoms with Crippen LogP contribution >= 0.6 is 11.8 Å². The highest BCUT2D eigenvalue weighted by Gasteiger charge is 2.41. The average Bonchev–Trinajstić information content (AvgIpc) is 3.08. The number of ketones is 2. The van der Waals surface area contributed by atoms with Crippen LogP contribution in [-0.2, 0) is 28.8 Å². The number of likely N-dealkylation sites (N-methyl/N-ethyl adjacent to an activating group) is 3. The minimum absolute atomic E-state index is 0.0412. The summed E-state index contributed by atoms with van der Waals surface area (Å²) in [4.78, 5) is 82.4. The molecule has 4 amide bonds. The van der Waals surface area contributed by atoms with Crippen molar-refractivity contribution in [2.45, 2.75) is 78.5 Å². The average molecular weight is 569 g/mol. The zero-order chi connectivity index (χ0) is 30.3. The molecule has 11 heteroatoms. The molecule has 0 saturated carbocycles. The fourth-order valence-electron chi connectivity index (χ4n) is 3.72. The van der Waals surface area contributed by atoms with Gasteiger partial charge in [-0.3, -0.25) is 33.7 Å². The van der Waals surface area contributed by atoms with Gasteiger partial charge in [0.25, 0.3) is 0 Å². The maximum atomic E-state index is 13.3. The number of carbonyl (C=O) groups is 6. The molecule has 1 saturated heterocycles. The number of amides is 4. The standard InChI is InChI=1S/C28H48N4O6S/c1-27(2,3)21(33)16-19(25(37)30(9)14-13-29(7)8)31(10)23(35)12-11-15-39-20-17-24(36)32(26(20)38)18-22(34)28(4,5)6/h19-20H,11-18H2,1-10H3. The summed E-state index contributed by atoms with van der Waals surface area (Å²) >= 11 is 1.30. The van der Waals surface area contributed by atoms with Crippen molar-refractivity contribution < 1.29 is 28.8 Å². The molecule has 0 bridgehead atoms. The quantitative estimate of drug-likeness (QED) is 0.231. The van der Waals surface area contributed by atoms with Gasteiger partial charge in [-0.2, -0.15) is 0 Å². The van der Waals surface area contributed by atoms with Crippen LogP contribution in [0.4, 0.5) is 0 Å². The first-order valence-electron chi connectivity index (χ1n) is 13.4. The third-order valence-corrected chi connectivity index (χ3v) is 8.11. The number of nitrogens with zero attached hydrogens (tertiary/aromatic N) is 4. The summed E-state index contributed by atoms with van der Waals surface area (Å²) in [5, 5.41) is -0.567. The van der Waals surface area contributed by atoms with Crippen molar-refractivity contribution in [1.29, 1.82) is 0 Å². The molecular weight excluding hydrogens is 520 g/mol. The second-order valence-electron chi connectivity index (χ2n) is 12.6. The Bertz CT molecular complexity index is 937. The van der Waals surface area contributed by atoms with Crippen LogP contribution < -0.4 is 0 Å². The zero-order valence-corrected chi connectivity index (χ0v) is 26.3. The fraction of sp³-hybridized carbons (Fsp3) is 0.786. The molecule has 10 nitrogen and oxygen atoms in total. The summed E-state index contributed by atoms with van der Waals surface area (Å²) in [6.07, 6.45) is 0.559. The van der Waals surface area contributed by atoms with E-state index in [1.807, 2.05) is 19.0 Å². The van der Waals surface area contributed by atoms with Gasteiger partial charge in [0.1, 0.15) is 11.8 Å². The van der Waals surface area contributed by atoms with E-state index in [1.54, 1.807) is 60.5 Å². The lowest BCUT2D eigenvalue weighted by atomic mass is 9.86. The minimum atomic E-state index is -0.896. The Morgan fingerprint density at radius 1 is 0.923 bits per heavy atom. The Balaban J connectivity index is 2.75. The summed E-state index contributed by atoms with van der Waals surface area (Å²) in [5.41, 5.74) is -1.28. The van der Waals surface area contributed by atoms with Crippen molar-refractivity contribution in [2.75, 3.05) is 53.6 Å². The Morgan fingerprint density at radius 3 is 2.00 bits per heavy atom. The van der Waals surface area contributed by atoms with Crippen molar-refractivity contribution in [1.82, 2.24) is 19.6 Å². The number of hydrogen-bond acceptors (Lipinski definition) is 8. The lowest BCUT2D eigenvalue weighted by molar-refractivity contribution is -0.146. The molecule has 0 aromatic heterocycles. The number of thioether (sulfide) groups is 1. The van der Waals surface area contributed by atoms with Gasteiger partial charge in [-0.15, -0.1) is 11.8 Å². The van der Waals surface area contributed by atoms with Gasteiger partial charge in [0.05, 0.1) is 11.8 Å². The first kappa shape index (κ1) is 34.8. The van der Waals surface area contributed by atoms with Crippen LogP contribution in [-0.4, -0.2) is 120 Å². The molecule has 1 aliphatic rings. The summed E-state index contributed by atoms with van der Waals surface area (Å²) in [5.74, 6) is -1.07. The molecule has 39 heavy (non-hydrogen) atoms. The number of rotatable bonds is 14. The summed E-state index contributed by atoms with van der Waals surface area (Å²) in [6.45, 7) is 11.5. The van der Waals surface area contributed by atoms with E-state index in [2.05, 4.69) is 0 Å². The highest BCUT2D eigenvalue weighted by molar-refractivity contribution is 8.00. The maximum Gasteiger partial charge on any atom is 0.245 e. The molecular formula is C28H48N4O6S. The van der Waals surface area contributed by atoms with Gasteiger partial charge in [-0.1, -0.05) is 41.5 Å². The molecule has 1 aliphatic heterocycles. The fourth-order valence-corrected chi connectivity index (χ4v) is 4.84. The van der Waals surface area contributed by atoms with E-state index in [0.29, 0.717) is 25.3 Å². The lowest BCUT2D eigenvalue weighted by Crippen LogP contribution is -2.51. The van der Waals surface area contributed by atoms with E-state index in [0.717, 1.165) is 4.90 Å². The first-order chi connectivity index (χ1) is 17.8. The predicted octanol–water partition coefficient (Wildman–Crippen LogP) is 2.09. The van der Waals surface area contributed by atoms with Gasteiger partial charge in [-0.25, -0.2) is 0 Å². The smallest absolute Gasteiger partial charge is 0.245 e. The Hall–Kier alpha value is -2.27. The van der Waals surface area contributed by atoms with Gasteiger partial charge >= 0.3 is 0 Å². The monoisotopic (exact) mass is 568 g/mol. The van der Waals surface area contributed by atoms with Gasteiger partial charge in [0.2, 0.25) is 23.6 Å². The van der Waals surface area contributed by atoms with E-state index in [-0.39, 0.29) is 61.0 Å². The van der Waals surface area contributed by atoms with Crippen molar-refractivity contribution in [3.63, 3.8) is 0 Å². The number of Topliss-reactive ketones (excluding diaryl/α,β-unsaturated/α-hetero) is 2. The number of hydrogen-bond donors (Lipinski definition) is 0. The highest BCUT2D eigenvalue weighted by atomic mass is 32.2. The largest absolute Gasteiger partial charge is 0.343 e. The van der Waals surface area contributed by atoms with Crippen LogP contribution in [0.25, 0.3) is 0 Å². The molecule has 0 aromatic rings. The molecule has 222 valence electrons. The van der Waals surface area contributed by atoms with E-state index in [9.17, 15) is 28.8 Å². The van der Waals surface area contributed by atoms with Crippen LogP contribution in [0.2, 0.25) is 0 Å². The summed E-state index contributed by atoms with van der Waals surface area (Å²) < 4.78 is 0. The Morgan fingerprint density at radius 2 is 1.49 bits per heavy atom. The maximum absolute atomic E-state index is 13.3. The third-order valence-electron chi connectivity index (χ3n) is 6.81. The van der Waals surface area contributed by atoms with Gasteiger partial charge < -0.3 is 14.7 Å². The Kier molecular flexibility index (Phi) is 12.8. The number of carbonyl (C=O) groups excluding carboxylic acids is 6. The van der Waals surface area contributed by atoms with E-state index < -0.39 is 22.1 Å². The zero-order valence-electron chi connectivity index (χ0n) is 25.5. The van der Waals surface area contributed by atoms with Crippen molar-refractivity contribution in [3.05, 3.63) is 0 Å². The van der Waals surface area contributed by atoms with Gasteiger partial charge in [0.15, 0.2) is 5.78 Å². The summed E-state index contributed by atoms with van der Waals surface area (Å²) in [6, 6.07) is -0.896. The van der Waals surface area contributed by atoms with Gasteiger partial charge in [0, 0.05) is 57.3 Å². The molecule has 0 aliphatic carbocycles. The van der Waals surface area contributed by atoms with E-state index >= 15 is 0 Å².